The van der Waals surface area contributed by atoms with Crippen LogP contribution in [-0.4, -0.2) is 19.2 Å². The van der Waals surface area contributed by atoms with Gasteiger partial charge in [-0.05, 0) is 38.0 Å². The van der Waals surface area contributed by atoms with E-state index < -0.39 is 0 Å². The molecule has 2 nitrogen and oxygen atoms in total. The molecule has 0 bridgehead atoms. The molecule has 0 amide bonds. The molecule has 0 saturated carbocycles. The van der Waals surface area contributed by atoms with Crippen LogP contribution < -0.4 is 10.1 Å². The average molecular weight is 207 g/mol. The van der Waals surface area contributed by atoms with Crippen molar-refractivity contribution in [2.75, 3.05) is 13.2 Å². The van der Waals surface area contributed by atoms with Gasteiger partial charge >= 0.3 is 0 Å². The van der Waals surface area contributed by atoms with Gasteiger partial charge in [-0.2, -0.15) is 0 Å². The summed E-state index contributed by atoms with van der Waals surface area (Å²) < 4.78 is 5.62. The first kappa shape index (κ1) is 12.1. The van der Waals surface area contributed by atoms with Crippen LogP contribution in [0.5, 0.6) is 5.75 Å². The first-order valence-electron chi connectivity index (χ1n) is 5.65. The van der Waals surface area contributed by atoms with Gasteiger partial charge in [0.05, 0.1) is 0 Å². The third kappa shape index (κ3) is 4.84. The molecular formula is C13H21NO. The second-order valence-electron chi connectivity index (χ2n) is 3.93. The van der Waals surface area contributed by atoms with Crippen LogP contribution in [-0.2, 0) is 0 Å². The fourth-order valence-corrected chi connectivity index (χ4v) is 1.32. The molecule has 0 spiro atoms. The van der Waals surface area contributed by atoms with Gasteiger partial charge in [-0.25, -0.2) is 0 Å². The van der Waals surface area contributed by atoms with Gasteiger partial charge in [0.15, 0.2) is 0 Å². The fourth-order valence-electron chi connectivity index (χ4n) is 1.32. The van der Waals surface area contributed by atoms with Crippen molar-refractivity contribution in [3.63, 3.8) is 0 Å². The molecule has 1 atom stereocenters. The Morgan fingerprint density at radius 2 is 2.20 bits per heavy atom. The molecular weight excluding hydrogens is 186 g/mol. The highest BCUT2D eigenvalue weighted by atomic mass is 16.5. The van der Waals surface area contributed by atoms with Gasteiger partial charge in [0.25, 0.3) is 0 Å². The monoisotopic (exact) mass is 207 g/mol. The Hall–Kier alpha value is -1.02. The molecule has 0 saturated heterocycles. The summed E-state index contributed by atoms with van der Waals surface area (Å²) in [5.74, 6) is 0.959. The molecule has 1 N–H and O–H groups in total. The molecule has 0 heterocycles. The summed E-state index contributed by atoms with van der Waals surface area (Å²) in [6.45, 7) is 8.08. The van der Waals surface area contributed by atoms with Gasteiger partial charge in [-0.3, -0.25) is 0 Å². The van der Waals surface area contributed by atoms with Gasteiger partial charge in [0.2, 0.25) is 0 Å². The molecule has 1 unspecified atom stereocenters. The summed E-state index contributed by atoms with van der Waals surface area (Å²) in [4.78, 5) is 0. The largest absolute Gasteiger partial charge is 0.492 e. The average Bonchev–Trinajstić information content (AvgIpc) is 2.24. The van der Waals surface area contributed by atoms with Crippen molar-refractivity contribution in [3.8, 4) is 5.75 Å². The minimum Gasteiger partial charge on any atom is -0.492 e. The summed E-state index contributed by atoms with van der Waals surface area (Å²) >= 11 is 0. The highest BCUT2D eigenvalue weighted by Crippen LogP contribution is 2.11. The number of hydrogen-bond donors (Lipinski definition) is 1. The third-order valence-electron chi connectivity index (χ3n) is 2.47. The lowest BCUT2D eigenvalue weighted by molar-refractivity contribution is 0.306. The predicted molar refractivity (Wildman–Crippen MR) is 64.4 cm³/mol. The van der Waals surface area contributed by atoms with Gasteiger partial charge < -0.3 is 10.1 Å². The topological polar surface area (TPSA) is 21.3 Å². The maximum Gasteiger partial charge on any atom is 0.119 e. The van der Waals surface area contributed by atoms with E-state index in [1.807, 2.05) is 12.1 Å². The highest BCUT2D eigenvalue weighted by Gasteiger charge is 1.97. The second-order valence-corrected chi connectivity index (χ2v) is 3.93. The van der Waals surface area contributed by atoms with Gasteiger partial charge in [0, 0.05) is 12.6 Å². The van der Waals surface area contributed by atoms with Crippen molar-refractivity contribution < 1.29 is 4.74 Å². The van der Waals surface area contributed by atoms with E-state index in [2.05, 4.69) is 38.2 Å². The highest BCUT2D eigenvalue weighted by molar-refractivity contribution is 5.27. The van der Waals surface area contributed by atoms with Crippen molar-refractivity contribution in [2.45, 2.75) is 33.2 Å². The number of hydrogen-bond acceptors (Lipinski definition) is 2. The van der Waals surface area contributed by atoms with E-state index >= 15 is 0 Å². The first-order chi connectivity index (χ1) is 7.22. The van der Waals surface area contributed by atoms with E-state index in [-0.39, 0.29) is 0 Å². The Bertz CT molecular complexity index is 286. The summed E-state index contributed by atoms with van der Waals surface area (Å²) in [6, 6.07) is 8.72. The van der Waals surface area contributed by atoms with Crippen LogP contribution in [0.15, 0.2) is 24.3 Å². The van der Waals surface area contributed by atoms with E-state index in [0.717, 1.165) is 25.3 Å². The van der Waals surface area contributed by atoms with Crippen molar-refractivity contribution in [2.24, 2.45) is 0 Å². The zero-order valence-corrected chi connectivity index (χ0v) is 9.92. The lowest BCUT2D eigenvalue weighted by Crippen LogP contribution is -2.29. The number of nitrogens with one attached hydrogen (secondary N) is 1. The number of rotatable bonds is 6. The normalized spacial score (nSPS) is 12.5. The Balaban J connectivity index is 2.20. The third-order valence-corrected chi connectivity index (χ3v) is 2.47. The quantitative estimate of drug-likeness (QED) is 0.724. The summed E-state index contributed by atoms with van der Waals surface area (Å²) in [7, 11) is 0. The van der Waals surface area contributed by atoms with Crippen LogP contribution in [0.3, 0.4) is 0 Å². The van der Waals surface area contributed by atoms with Crippen LogP contribution in [0, 0.1) is 6.92 Å². The SMILES string of the molecule is CCC(C)NCCOc1cccc(C)c1. The zero-order valence-electron chi connectivity index (χ0n) is 9.92. The van der Waals surface area contributed by atoms with Crippen molar-refractivity contribution >= 4 is 0 Å². The van der Waals surface area contributed by atoms with Crippen LogP contribution >= 0.6 is 0 Å². The molecule has 84 valence electrons. The predicted octanol–water partition coefficient (Wildman–Crippen LogP) is 2.76. The number of ether oxygens (including phenoxy) is 1. The molecule has 2 heteroatoms. The van der Waals surface area contributed by atoms with Gasteiger partial charge in [-0.1, -0.05) is 19.1 Å². The van der Waals surface area contributed by atoms with Crippen molar-refractivity contribution in [1.82, 2.24) is 5.32 Å². The molecule has 15 heavy (non-hydrogen) atoms. The zero-order chi connectivity index (χ0) is 11.1. The van der Waals surface area contributed by atoms with Gasteiger partial charge in [-0.15, -0.1) is 0 Å². The minimum absolute atomic E-state index is 0.575. The molecule has 0 fully saturated rings. The standard InChI is InChI=1S/C13H21NO/c1-4-12(3)14-8-9-15-13-7-5-6-11(2)10-13/h5-7,10,12,14H,4,8-9H2,1-3H3. The van der Waals surface area contributed by atoms with E-state index in [1.54, 1.807) is 0 Å². The Labute approximate surface area is 92.6 Å². The summed E-state index contributed by atoms with van der Waals surface area (Å²) in [5.41, 5.74) is 1.24. The second kappa shape index (κ2) is 6.46. The van der Waals surface area contributed by atoms with E-state index in [0.29, 0.717) is 6.04 Å². The molecule has 1 aromatic rings. The lowest BCUT2D eigenvalue weighted by Gasteiger charge is -2.12. The smallest absolute Gasteiger partial charge is 0.119 e. The summed E-state index contributed by atoms with van der Waals surface area (Å²) in [6.07, 6.45) is 1.16. The molecule has 0 radical (unpaired) electrons. The number of benzene rings is 1. The maximum atomic E-state index is 5.62. The van der Waals surface area contributed by atoms with Crippen LogP contribution in [0.1, 0.15) is 25.8 Å². The van der Waals surface area contributed by atoms with E-state index in [4.69, 9.17) is 4.74 Å². The Morgan fingerprint density at radius 3 is 2.87 bits per heavy atom. The van der Waals surface area contributed by atoms with Crippen molar-refractivity contribution in [1.29, 1.82) is 0 Å². The molecule has 1 rings (SSSR count). The lowest BCUT2D eigenvalue weighted by atomic mass is 10.2. The first-order valence-corrected chi connectivity index (χ1v) is 5.65. The molecule has 0 aliphatic rings. The fraction of sp³-hybridized carbons (Fsp3) is 0.538. The molecule has 1 aromatic carbocycles. The summed E-state index contributed by atoms with van der Waals surface area (Å²) in [5, 5.41) is 3.39. The van der Waals surface area contributed by atoms with E-state index in [9.17, 15) is 0 Å². The Morgan fingerprint density at radius 1 is 1.40 bits per heavy atom. The molecule has 0 aliphatic carbocycles. The number of aryl methyl sites for hydroxylation is 1. The van der Waals surface area contributed by atoms with Crippen LogP contribution in [0.25, 0.3) is 0 Å². The van der Waals surface area contributed by atoms with Crippen LogP contribution in [0.4, 0.5) is 0 Å². The minimum atomic E-state index is 0.575. The van der Waals surface area contributed by atoms with Crippen molar-refractivity contribution in [3.05, 3.63) is 29.8 Å². The Kier molecular flexibility index (Phi) is 5.19. The van der Waals surface area contributed by atoms with E-state index in [1.165, 1.54) is 5.56 Å². The maximum absolute atomic E-state index is 5.62. The molecule has 0 aliphatic heterocycles. The molecule has 0 aromatic heterocycles. The van der Waals surface area contributed by atoms with Crippen LogP contribution in [0.2, 0.25) is 0 Å². The van der Waals surface area contributed by atoms with Gasteiger partial charge in [0.1, 0.15) is 12.4 Å².